The Kier molecular flexibility index (Phi) is 7.45. The summed E-state index contributed by atoms with van der Waals surface area (Å²) in [7, 11) is 0. The summed E-state index contributed by atoms with van der Waals surface area (Å²) < 4.78 is 13.1. The molecule has 6 rings (SSSR count). The first-order chi connectivity index (χ1) is 20.0. The topological polar surface area (TPSA) is 85.7 Å². The van der Waals surface area contributed by atoms with Crippen LogP contribution in [0, 0.1) is 13.8 Å². The van der Waals surface area contributed by atoms with Crippen molar-refractivity contribution in [1.29, 1.82) is 0 Å². The van der Waals surface area contributed by atoms with Gasteiger partial charge in [-0.3, -0.25) is 14.5 Å². The molecule has 1 atom stereocenters. The fourth-order valence-corrected chi connectivity index (χ4v) is 6.45. The van der Waals surface area contributed by atoms with Gasteiger partial charge in [-0.05, 0) is 55.2 Å². The van der Waals surface area contributed by atoms with E-state index in [-0.39, 0.29) is 36.2 Å². The van der Waals surface area contributed by atoms with Crippen LogP contribution in [0.4, 0.5) is 5.82 Å². The van der Waals surface area contributed by atoms with Crippen molar-refractivity contribution in [2.24, 2.45) is 0 Å². The van der Waals surface area contributed by atoms with E-state index in [4.69, 9.17) is 14.6 Å². The zero-order valence-electron chi connectivity index (χ0n) is 23.3. The van der Waals surface area contributed by atoms with E-state index >= 15 is 0 Å². The molecule has 0 unspecified atom stereocenters. The predicted molar refractivity (Wildman–Crippen MR) is 161 cm³/mol. The first-order valence-corrected chi connectivity index (χ1v) is 14.8. The standard InChI is InChI=1S/C32H32N4O4S/c1-4-15-33-27(37)17-35-28(38)18-41-31(23-13-14-25-26(16-23)40-19-39-25)29-30(22-10-6-5-7-11-22)34-36(32(29)35)24-12-8-9-20(2)21(24)3/h5-14,16,31H,4,15,17-19H2,1-3H3,(H,33,37)/t31-/m0/s1. The fourth-order valence-electron chi connectivity index (χ4n) is 5.26. The molecule has 0 radical (unpaired) electrons. The van der Waals surface area contributed by atoms with Gasteiger partial charge in [-0.2, -0.15) is 5.10 Å². The molecule has 1 aromatic heterocycles. The predicted octanol–water partition coefficient (Wildman–Crippen LogP) is 5.58. The van der Waals surface area contributed by atoms with Gasteiger partial charge in [0.1, 0.15) is 12.4 Å². The summed E-state index contributed by atoms with van der Waals surface area (Å²) in [5, 5.41) is 7.89. The van der Waals surface area contributed by atoms with Crippen LogP contribution in [0.1, 0.15) is 40.8 Å². The van der Waals surface area contributed by atoms with Gasteiger partial charge in [0.15, 0.2) is 11.5 Å². The number of rotatable bonds is 7. The van der Waals surface area contributed by atoms with Gasteiger partial charge in [-0.25, -0.2) is 4.68 Å². The smallest absolute Gasteiger partial charge is 0.240 e. The summed E-state index contributed by atoms with van der Waals surface area (Å²) >= 11 is 1.53. The number of hydrogen-bond acceptors (Lipinski definition) is 6. The molecule has 0 saturated heterocycles. The number of ether oxygens (including phenoxy) is 2. The number of aryl methyl sites for hydroxylation is 1. The molecule has 0 aliphatic carbocycles. The maximum atomic E-state index is 13.9. The second-order valence-corrected chi connectivity index (χ2v) is 11.3. The largest absolute Gasteiger partial charge is 0.454 e. The maximum Gasteiger partial charge on any atom is 0.240 e. The van der Waals surface area contributed by atoms with Crippen molar-refractivity contribution in [3.8, 4) is 28.4 Å². The molecule has 0 spiro atoms. The third-order valence-electron chi connectivity index (χ3n) is 7.51. The molecule has 8 nitrogen and oxygen atoms in total. The molecule has 9 heteroatoms. The van der Waals surface area contributed by atoms with Gasteiger partial charge in [0.05, 0.1) is 22.4 Å². The number of benzene rings is 3. The number of amides is 2. The molecule has 3 heterocycles. The Hall–Kier alpha value is -4.24. The summed E-state index contributed by atoms with van der Waals surface area (Å²) in [6.07, 6.45) is 0.811. The highest BCUT2D eigenvalue weighted by Gasteiger charge is 2.38. The van der Waals surface area contributed by atoms with Gasteiger partial charge in [0, 0.05) is 17.7 Å². The zero-order chi connectivity index (χ0) is 28.5. The minimum Gasteiger partial charge on any atom is -0.454 e. The van der Waals surface area contributed by atoms with Crippen molar-refractivity contribution >= 4 is 29.4 Å². The highest BCUT2D eigenvalue weighted by molar-refractivity contribution is 8.00. The highest BCUT2D eigenvalue weighted by Crippen LogP contribution is 2.50. The molecule has 2 aliphatic rings. The Bertz CT molecular complexity index is 1620. The van der Waals surface area contributed by atoms with Crippen molar-refractivity contribution in [2.75, 3.05) is 30.5 Å². The molecule has 41 heavy (non-hydrogen) atoms. The van der Waals surface area contributed by atoms with Crippen LogP contribution in [0.3, 0.4) is 0 Å². The highest BCUT2D eigenvalue weighted by atomic mass is 32.2. The van der Waals surface area contributed by atoms with E-state index in [2.05, 4.69) is 25.2 Å². The van der Waals surface area contributed by atoms with E-state index in [0.717, 1.165) is 45.6 Å². The van der Waals surface area contributed by atoms with Crippen LogP contribution in [0.25, 0.3) is 16.9 Å². The van der Waals surface area contributed by atoms with Crippen molar-refractivity contribution in [2.45, 2.75) is 32.4 Å². The first kappa shape index (κ1) is 27.0. The SMILES string of the molecule is CCCNC(=O)CN1C(=O)CS[C@@H](c2ccc3c(c2)OCO3)c2c(-c3ccccc3)nn(-c3cccc(C)c3C)c21. The minimum absolute atomic E-state index is 0.0922. The number of nitrogens with one attached hydrogen (secondary N) is 1. The van der Waals surface area contributed by atoms with Crippen LogP contribution in [0.15, 0.2) is 66.7 Å². The molecule has 2 aliphatic heterocycles. The monoisotopic (exact) mass is 568 g/mol. The van der Waals surface area contributed by atoms with Crippen LogP contribution in [0.2, 0.25) is 0 Å². The molecule has 210 valence electrons. The number of carbonyl (C=O) groups excluding carboxylic acids is 2. The molecule has 3 aromatic carbocycles. The third-order valence-corrected chi connectivity index (χ3v) is 8.77. The summed E-state index contributed by atoms with van der Waals surface area (Å²) in [4.78, 5) is 28.6. The lowest BCUT2D eigenvalue weighted by Gasteiger charge is -2.24. The van der Waals surface area contributed by atoms with Crippen LogP contribution >= 0.6 is 11.8 Å². The third kappa shape index (κ3) is 5.06. The molecule has 1 N–H and O–H groups in total. The van der Waals surface area contributed by atoms with Gasteiger partial charge in [0.2, 0.25) is 18.6 Å². The molecular weight excluding hydrogens is 536 g/mol. The van der Waals surface area contributed by atoms with Crippen LogP contribution in [-0.2, 0) is 9.59 Å². The molecule has 0 bridgehead atoms. The molecular formula is C32H32N4O4S. The lowest BCUT2D eigenvalue weighted by molar-refractivity contribution is -0.122. The summed E-state index contributed by atoms with van der Waals surface area (Å²) in [6, 6.07) is 22.0. The molecule has 0 saturated carbocycles. The number of nitrogens with zero attached hydrogens (tertiary/aromatic N) is 3. The van der Waals surface area contributed by atoms with Crippen molar-refractivity contribution in [3.63, 3.8) is 0 Å². The van der Waals surface area contributed by atoms with Crippen LogP contribution in [0.5, 0.6) is 11.5 Å². The van der Waals surface area contributed by atoms with Crippen molar-refractivity contribution in [3.05, 3.63) is 89.0 Å². The van der Waals surface area contributed by atoms with Crippen molar-refractivity contribution < 1.29 is 19.1 Å². The van der Waals surface area contributed by atoms with Crippen molar-refractivity contribution in [1.82, 2.24) is 15.1 Å². The van der Waals surface area contributed by atoms with E-state index in [9.17, 15) is 9.59 Å². The number of anilines is 1. The average Bonchev–Trinajstić information content (AvgIpc) is 3.58. The van der Waals surface area contributed by atoms with E-state index in [1.807, 2.05) is 72.3 Å². The zero-order valence-corrected chi connectivity index (χ0v) is 24.2. The van der Waals surface area contributed by atoms with Gasteiger partial charge in [-0.1, -0.05) is 55.5 Å². The van der Waals surface area contributed by atoms with E-state index in [1.54, 1.807) is 4.90 Å². The maximum absolute atomic E-state index is 13.9. The second-order valence-electron chi connectivity index (χ2n) is 10.2. The van der Waals surface area contributed by atoms with E-state index in [0.29, 0.717) is 23.9 Å². The van der Waals surface area contributed by atoms with Gasteiger partial charge >= 0.3 is 0 Å². The van der Waals surface area contributed by atoms with Gasteiger partial charge in [0.25, 0.3) is 0 Å². The number of carbonyl (C=O) groups is 2. The Labute approximate surface area is 243 Å². The second kappa shape index (κ2) is 11.3. The summed E-state index contributed by atoms with van der Waals surface area (Å²) in [5.41, 5.74) is 6.60. The fraction of sp³-hybridized carbons (Fsp3) is 0.281. The summed E-state index contributed by atoms with van der Waals surface area (Å²) in [6.45, 7) is 6.76. The number of aromatic nitrogens is 2. The summed E-state index contributed by atoms with van der Waals surface area (Å²) in [5.74, 6) is 1.86. The Morgan fingerprint density at radius 3 is 2.66 bits per heavy atom. The first-order valence-electron chi connectivity index (χ1n) is 13.8. The lowest BCUT2D eigenvalue weighted by atomic mass is 9.99. The lowest BCUT2D eigenvalue weighted by Crippen LogP contribution is -2.42. The van der Waals surface area contributed by atoms with Gasteiger partial charge < -0.3 is 14.8 Å². The minimum atomic E-state index is -0.249. The molecule has 0 fully saturated rings. The molecule has 2 amide bonds. The number of thioether (sulfide) groups is 1. The quantitative estimate of drug-likeness (QED) is 0.313. The Morgan fingerprint density at radius 2 is 1.85 bits per heavy atom. The van der Waals surface area contributed by atoms with E-state index < -0.39 is 0 Å². The number of fused-ring (bicyclic) bond motifs is 2. The average molecular weight is 569 g/mol. The number of hydrogen-bond donors (Lipinski definition) is 1. The Morgan fingerprint density at radius 1 is 1.05 bits per heavy atom. The van der Waals surface area contributed by atoms with E-state index in [1.165, 1.54) is 11.8 Å². The molecule has 4 aromatic rings. The normalized spacial score (nSPS) is 15.9. The van der Waals surface area contributed by atoms with Crippen LogP contribution < -0.4 is 19.7 Å². The van der Waals surface area contributed by atoms with Crippen LogP contribution in [-0.4, -0.2) is 47.2 Å². The van der Waals surface area contributed by atoms with Gasteiger partial charge in [-0.15, -0.1) is 11.8 Å². The Balaban J connectivity index is 1.62.